The topological polar surface area (TPSA) is 69.6 Å². The Morgan fingerprint density at radius 1 is 1.56 bits per heavy atom. The van der Waals surface area contributed by atoms with Gasteiger partial charge in [0.1, 0.15) is 5.82 Å². The summed E-state index contributed by atoms with van der Waals surface area (Å²) < 4.78 is 13.0. The molecule has 4 nitrogen and oxygen atoms in total. The molecular weight excluding hydrogens is 237 g/mol. The van der Waals surface area contributed by atoms with Crippen LogP contribution >= 0.6 is 11.6 Å². The molecule has 0 radical (unpaired) electrons. The zero-order valence-electron chi connectivity index (χ0n) is 8.28. The molecule has 1 aromatic carbocycles. The molecule has 6 heteroatoms. The summed E-state index contributed by atoms with van der Waals surface area (Å²) in [4.78, 5) is 11.5. The number of carbonyl (C=O) groups is 1. The monoisotopic (exact) mass is 247 g/mol. The average Bonchev–Trinajstić information content (AvgIpc) is 2.29. The third kappa shape index (κ3) is 3.16. The minimum absolute atomic E-state index is 0.00759. The summed E-state index contributed by atoms with van der Waals surface area (Å²) in [6.45, 7) is -0.584. The minimum atomic E-state index is -1.05. The summed E-state index contributed by atoms with van der Waals surface area (Å²) in [5.74, 6) is -1.28. The van der Waals surface area contributed by atoms with Crippen LogP contribution in [0.15, 0.2) is 18.2 Å². The van der Waals surface area contributed by atoms with E-state index < -0.39 is 24.4 Å². The van der Waals surface area contributed by atoms with Gasteiger partial charge in [-0.15, -0.1) is 0 Å². The molecule has 3 N–H and O–H groups in total. The third-order valence-electron chi connectivity index (χ3n) is 1.91. The molecule has 88 valence electrons. The molecule has 0 bridgehead atoms. The SMILES string of the molecule is O=C(NCC(O)CO)c1cccc(F)c1Cl. The molecule has 1 aromatic rings. The van der Waals surface area contributed by atoms with E-state index in [0.717, 1.165) is 6.07 Å². The van der Waals surface area contributed by atoms with Crippen molar-refractivity contribution in [3.05, 3.63) is 34.6 Å². The van der Waals surface area contributed by atoms with Gasteiger partial charge in [-0.2, -0.15) is 0 Å². The van der Waals surface area contributed by atoms with Crippen LogP contribution in [0.25, 0.3) is 0 Å². The Bertz CT molecular complexity index is 386. The molecule has 16 heavy (non-hydrogen) atoms. The van der Waals surface area contributed by atoms with E-state index in [1.807, 2.05) is 0 Å². The lowest BCUT2D eigenvalue weighted by atomic mass is 10.2. The maximum Gasteiger partial charge on any atom is 0.252 e. The van der Waals surface area contributed by atoms with Gasteiger partial charge in [-0.3, -0.25) is 4.79 Å². The van der Waals surface area contributed by atoms with Gasteiger partial charge in [-0.05, 0) is 12.1 Å². The molecule has 1 atom stereocenters. The molecule has 0 aromatic heterocycles. The van der Waals surface area contributed by atoms with Crippen molar-refractivity contribution in [2.75, 3.05) is 13.2 Å². The van der Waals surface area contributed by atoms with Gasteiger partial charge in [0.15, 0.2) is 0 Å². The highest BCUT2D eigenvalue weighted by molar-refractivity contribution is 6.34. The largest absolute Gasteiger partial charge is 0.394 e. The lowest BCUT2D eigenvalue weighted by Crippen LogP contribution is -2.34. The van der Waals surface area contributed by atoms with Crippen molar-refractivity contribution in [3.63, 3.8) is 0 Å². The molecule has 0 saturated carbocycles. The maximum absolute atomic E-state index is 13.0. The number of aliphatic hydroxyl groups excluding tert-OH is 2. The summed E-state index contributed by atoms with van der Waals surface area (Å²) >= 11 is 5.59. The Morgan fingerprint density at radius 2 is 2.25 bits per heavy atom. The average molecular weight is 248 g/mol. The number of hydrogen-bond donors (Lipinski definition) is 3. The van der Waals surface area contributed by atoms with E-state index in [2.05, 4.69) is 5.32 Å². The summed E-state index contributed by atoms with van der Waals surface area (Å²) in [6.07, 6.45) is -1.05. The van der Waals surface area contributed by atoms with Gasteiger partial charge in [-0.25, -0.2) is 4.39 Å². The number of carbonyl (C=O) groups excluding carboxylic acids is 1. The van der Waals surface area contributed by atoms with Gasteiger partial charge in [0.2, 0.25) is 0 Å². The molecule has 0 heterocycles. The smallest absolute Gasteiger partial charge is 0.252 e. The molecule has 1 rings (SSSR count). The fourth-order valence-electron chi connectivity index (χ4n) is 1.05. The zero-order valence-corrected chi connectivity index (χ0v) is 9.04. The van der Waals surface area contributed by atoms with Crippen LogP contribution < -0.4 is 5.32 Å². The molecule has 0 aliphatic heterocycles. The summed E-state index contributed by atoms with van der Waals surface area (Å²) in [5, 5.41) is 19.6. The van der Waals surface area contributed by atoms with E-state index in [9.17, 15) is 9.18 Å². The van der Waals surface area contributed by atoms with Crippen molar-refractivity contribution in [3.8, 4) is 0 Å². The van der Waals surface area contributed by atoms with E-state index in [-0.39, 0.29) is 17.1 Å². The van der Waals surface area contributed by atoms with Crippen molar-refractivity contribution in [1.82, 2.24) is 5.32 Å². The minimum Gasteiger partial charge on any atom is -0.394 e. The van der Waals surface area contributed by atoms with Crippen LogP contribution in [0.2, 0.25) is 5.02 Å². The molecular formula is C10H11ClFNO3. The van der Waals surface area contributed by atoms with Crippen LogP contribution in [0.4, 0.5) is 4.39 Å². The Hall–Kier alpha value is -1.17. The van der Waals surface area contributed by atoms with Crippen molar-refractivity contribution >= 4 is 17.5 Å². The van der Waals surface area contributed by atoms with Gasteiger partial charge < -0.3 is 15.5 Å². The molecule has 1 amide bonds. The van der Waals surface area contributed by atoms with Crippen molar-refractivity contribution in [1.29, 1.82) is 0 Å². The van der Waals surface area contributed by atoms with Gasteiger partial charge in [-0.1, -0.05) is 17.7 Å². The molecule has 0 spiro atoms. The summed E-state index contributed by atoms with van der Waals surface area (Å²) in [6, 6.07) is 3.87. The number of halogens is 2. The second-order valence-corrected chi connectivity index (χ2v) is 3.53. The third-order valence-corrected chi connectivity index (χ3v) is 2.29. The lowest BCUT2D eigenvalue weighted by Gasteiger charge is -2.09. The zero-order chi connectivity index (χ0) is 12.1. The molecule has 1 unspecified atom stereocenters. The standard InChI is InChI=1S/C10H11ClFNO3/c11-9-7(2-1-3-8(9)12)10(16)13-4-6(15)5-14/h1-3,6,14-15H,4-5H2,(H,13,16). The van der Waals surface area contributed by atoms with E-state index in [1.54, 1.807) is 0 Å². The first kappa shape index (κ1) is 12.9. The maximum atomic E-state index is 13.0. The van der Waals surface area contributed by atoms with Gasteiger partial charge in [0.05, 0.1) is 23.3 Å². The van der Waals surface area contributed by atoms with Crippen LogP contribution in [-0.4, -0.2) is 35.4 Å². The van der Waals surface area contributed by atoms with E-state index in [0.29, 0.717) is 0 Å². The van der Waals surface area contributed by atoms with Crippen molar-refractivity contribution < 1.29 is 19.4 Å². The number of rotatable bonds is 4. The van der Waals surface area contributed by atoms with Gasteiger partial charge in [0.25, 0.3) is 5.91 Å². The quantitative estimate of drug-likeness (QED) is 0.728. The van der Waals surface area contributed by atoms with Crippen molar-refractivity contribution in [2.45, 2.75) is 6.10 Å². The van der Waals surface area contributed by atoms with E-state index >= 15 is 0 Å². The fraction of sp³-hybridized carbons (Fsp3) is 0.300. The molecule has 0 saturated heterocycles. The van der Waals surface area contributed by atoms with Crippen LogP contribution in [-0.2, 0) is 0 Å². The van der Waals surface area contributed by atoms with Crippen molar-refractivity contribution in [2.24, 2.45) is 0 Å². The van der Waals surface area contributed by atoms with E-state index in [1.165, 1.54) is 12.1 Å². The van der Waals surface area contributed by atoms with Crippen LogP contribution in [0.3, 0.4) is 0 Å². The number of benzene rings is 1. The lowest BCUT2D eigenvalue weighted by molar-refractivity contribution is 0.0802. The highest BCUT2D eigenvalue weighted by Crippen LogP contribution is 2.19. The predicted octanol–water partition coefficient (Wildman–Crippen LogP) is 0.562. The molecule has 0 fully saturated rings. The van der Waals surface area contributed by atoms with Crippen LogP contribution in [0.5, 0.6) is 0 Å². The Kier molecular flexibility index (Phi) is 4.67. The highest BCUT2D eigenvalue weighted by Gasteiger charge is 2.14. The predicted molar refractivity (Wildman–Crippen MR) is 56.8 cm³/mol. The molecule has 0 aliphatic carbocycles. The van der Waals surface area contributed by atoms with Gasteiger partial charge >= 0.3 is 0 Å². The molecule has 0 aliphatic rings. The highest BCUT2D eigenvalue weighted by atomic mass is 35.5. The van der Waals surface area contributed by atoms with E-state index in [4.69, 9.17) is 21.8 Å². The Morgan fingerprint density at radius 3 is 2.88 bits per heavy atom. The number of aliphatic hydroxyl groups is 2. The van der Waals surface area contributed by atoms with Gasteiger partial charge in [0, 0.05) is 6.54 Å². The Balaban J connectivity index is 2.70. The summed E-state index contributed by atoms with van der Waals surface area (Å²) in [5.41, 5.74) is -0.00759. The first-order valence-corrected chi connectivity index (χ1v) is 4.95. The normalized spacial score (nSPS) is 12.2. The van der Waals surface area contributed by atoms with Crippen LogP contribution in [0.1, 0.15) is 10.4 Å². The summed E-state index contributed by atoms with van der Waals surface area (Å²) in [7, 11) is 0. The second kappa shape index (κ2) is 5.79. The first-order valence-electron chi connectivity index (χ1n) is 4.57. The number of nitrogens with one attached hydrogen (secondary N) is 1. The first-order chi connectivity index (χ1) is 7.56. The second-order valence-electron chi connectivity index (χ2n) is 3.15. The number of hydrogen-bond acceptors (Lipinski definition) is 3. The van der Waals surface area contributed by atoms with Crippen LogP contribution in [0, 0.1) is 5.82 Å². The Labute approximate surface area is 96.7 Å². The fourth-order valence-corrected chi connectivity index (χ4v) is 1.26. The number of amides is 1.